The highest BCUT2D eigenvalue weighted by molar-refractivity contribution is 5.75. The SMILES string of the molecule is Fc1cncc(-c2ccccc2OC(F)(F)F)c1OC(F)F. The molecule has 0 N–H and O–H groups in total. The summed E-state index contributed by atoms with van der Waals surface area (Å²) in [7, 11) is 0. The molecule has 0 atom stereocenters. The molecule has 9 heteroatoms. The maximum absolute atomic E-state index is 13.6. The van der Waals surface area contributed by atoms with Crippen LogP contribution in [0.15, 0.2) is 36.7 Å². The summed E-state index contributed by atoms with van der Waals surface area (Å²) in [5, 5.41) is 0. The molecule has 0 saturated heterocycles. The van der Waals surface area contributed by atoms with Gasteiger partial charge < -0.3 is 9.47 Å². The summed E-state index contributed by atoms with van der Waals surface area (Å²) >= 11 is 0. The Hall–Kier alpha value is -2.45. The van der Waals surface area contributed by atoms with E-state index in [2.05, 4.69) is 14.5 Å². The second kappa shape index (κ2) is 6.12. The number of halogens is 6. The number of hydrogen-bond donors (Lipinski definition) is 0. The maximum atomic E-state index is 13.6. The highest BCUT2D eigenvalue weighted by Crippen LogP contribution is 2.39. The molecular weight excluding hydrogens is 316 g/mol. The molecule has 0 bridgehead atoms. The lowest BCUT2D eigenvalue weighted by molar-refractivity contribution is -0.274. The second-order valence-corrected chi connectivity index (χ2v) is 3.92. The van der Waals surface area contributed by atoms with Crippen molar-refractivity contribution in [1.82, 2.24) is 4.98 Å². The molecule has 118 valence electrons. The van der Waals surface area contributed by atoms with Crippen LogP contribution in [0.3, 0.4) is 0 Å². The van der Waals surface area contributed by atoms with E-state index in [0.717, 1.165) is 18.3 Å². The Labute approximate surface area is 120 Å². The van der Waals surface area contributed by atoms with Gasteiger partial charge in [-0.05, 0) is 6.07 Å². The molecule has 1 aromatic carbocycles. The molecule has 2 rings (SSSR count). The molecule has 1 heterocycles. The Kier molecular flexibility index (Phi) is 4.43. The van der Waals surface area contributed by atoms with Crippen LogP contribution in [0, 0.1) is 5.82 Å². The fourth-order valence-corrected chi connectivity index (χ4v) is 1.73. The van der Waals surface area contributed by atoms with Gasteiger partial charge in [-0.3, -0.25) is 4.98 Å². The second-order valence-electron chi connectivity index (χ2n) is 3.92. The zero-order valence-electron chi connectivity index (χ0n) is 10.6. The van der Waals surface area contributed by atoms with E-state index in [0.29, 0.717) is 6.20 Å². The number of rotatable bonds is 4. The van der Waals surface area contributed by atoms with E-state index in [-0.39, 0.29) is 11.1 Å². The minimum Gasteiger partial charge on any atom is -0.431 e. The molecule has 0 aliphatic heterocycles. The van der Waals surface area contributed by atoms with Crippen molar-refractivity contribution in [2.75, 3.05) is 0 Å². The average molecular weight is 323 g/mol. The van der Waals surface area contributed by atoms with Gasteiger partial charge in [0.1, 0.15) is 5.75 Å². The smallest absolute Gasteiger partial charge is 0.431 e. The molecule has 0 aliphatic carbocycles. The average Bonchev–Trinajstić information content (AvgIpc) is 2.40. The molecule has 0 unspecified atom stereocenters. The molecule has 1 aromatic heterocycles. The van der Waals surface area contributed by atoms with Gasteiger partial charge in [-0.25, -0.2) is 4.39 Å². The lowest BCUT2D eigenvalue weighted by Gasteiger charge is -2.15. The summed E-state index contributed by atoms with van der Waals surface area (Å²) in [6.45, 7) is -3.36. The van der Waals surface area contributed by atoms with Crippen molar-refractivity contribution in [3.05, 3.63) is 42.5 Å². The first-order chi connectivity index (χ1) is 10.3. The minimum atomic E-state index is -5.00. The monoisotopic (exact) mass is 323 g/mol. The van der Waals surface area contributed by atoms with Gasteiger partial charge in [0.05, 0.1) is 6.20 Å². The van der Waals surface area contributed by atoms with E-state index < -0.39 is 30.3 Å². The number of ether oxygens (including phenoxy) is 2. The third-order valence-corrected chi connectivity index (χ3v) is 2.46. The standard InChI is InChI=1S/C13H7F6NO2/c14-9-6-20-5-8(11(9)21-12(15)16)7-3-1-2-4-10(7)22-13(17,18)19/h1-6,12H. The molecule has 0 radical (unpaired) electrons. The number of hydrogen-bond acceptors (Lipinski definition) is 3. The number of nitrogens with zero attached hydrogens (tertiary/aromatic N) is 1. The highest BCUT2D eigenvalue weighted by Gasteiger charge is 2.32. The predicted molar refractivity (Wildman–Crippen MR) is 62.9 cm³/mol. The van der Waals surface area contributed by atoms with Crippen LogP contribution in [0.5, 0.6) is 11.5 Å². The molecule has 0 amide bonds. The summed E-state index contributed by atoms with van der Waals surface area (Å²) in [4.78, 5) is 3.43. The summed E-state index contributed by atoms with van der Waals surface area (Å²) in [5.41, 5.74) is -0.678. The Bertz CT molecular complexity index is 659. The number of aromatic nitrogens is 1. The first-order valence-electron chi connectivity index (χ1n) is 5.71. The zero-order valence-corrected chi connectivity index (χ0v) is 10.6. The van der Waals surface area contributed by atoms with Gasteiger partial charge in [-0.15, -0.1) is 13.2 Å². The molecule has 22 heavy (non-hydrogen) atoms. The van der Waals surface area contributed by atoms with Crippen LogP contribution in [0.1, 0.15) is 0 Å². The topological polar surface area (TPSA) is 31.4 Å². The first-order valence-corrected chi connectivity index (χ1v) is 5.71. The fraction of sp³-hybridized carbons (Fsp3) is 0.154. The first kappa shape index (κ1) is 15.9. The van der Waals surface area contributed by atoms with E-state index >= 15 is 0 Å². The number of pyridine rings is 1. The quantitative estimate of drug-likeness (QED) is 0.782. The summed E-state index contributed by atoms with van der Waals surface area (Å²) in [6, 6.07) is 4.66. The highest BCUT2D eigenvalue weighted by atomic mass is 19.4. The van der Waals surface area contributed by atoms with Gasteiger partial charge in [0.2, 0.25) is 0 Å². The van der Waals surface area contributed by atoms with Gasteiger partial charge in [0.25, 0.3) is 0 Å². The summed E-state index contributed by atoms with van der Waals surface area (Å²) < 4.78 is 83.2. The largest absolute Gasteiger partial charge is 0.573 e. The lowest BCUT2D eigenvalue weighted by Crippen LogP contribution is -2.17. The Balaban J connectivity index is 2.55. The summed E-state index contributed by atoms with van der Waals surface area (Å²) in [6.07, 6.45) is -3.49. The van der Waals surface area contributed by atoms with E-state index in [1.807, 2.05) is 0 Å². The Morgan fingerprint density at radius 3 is 2.32 bits per heavy atom. The van der Waals surface area contributed by atoms with Crippen LogP contribution in [0.4, 0.5) is 26.3 Å². The third-order valence-electron chi connectivity index (χ3n) is 2.46. The van der Waals surface area contributed by atoms with E-state index in [1.54, 1.807) is 0 Å². The normalized spacial score (nSPS) is 11.6. The predicted octanol–water partition coefficient (Wildman–Crippen LogP) is 4.39. The van der Waals surface area contributed by atoms with Gasteiger partial charge in [-0.2, -0.15) is 8.78 Å². The molecule has 0 aliphatic rings. The lowest BCUT2D eigenvalue weighted by atomic mass is 10.1. The van der Waals surface area contributed by atoms with Crippen molar-refractivity contribution in [1.29, 1.82) is 0 Å². The number of benzene rings is 1. The molecule has 0 fully saturated rings. The van der Waals surface area contributed by atoms with E-state index in [1.165, 1.54) is 12.1 Å². The van der Waals surface area contributed by atoms with Crippen LogP contribution in [-0.4, -0.2) is 18.0 Å². The third kappa shape index (κ3) is 3.80. The maximum Gasteiger partial charge on any atom is 0.573 e. The van der Waals surface area contributed by atoms with Crippen molar-refractivity contribution in [2.24, 2.45) is 0 Å². The van der Waals surface area contributed by atoms with Crippen molar-refractivity contribution in [2.45, 2.75) is 13.0 Å². The molecule has 0 saturated carbocycles. The van der Waals surface area contributed by atoms with Gasteiger partial charge in [-0.1, -0.05) is 18.2 Å². The van der Waals surface area contributed by atoms with Gasteiger partial charge in [0, 0.05) is 17.3 Å². The van der Waals surface area contributed by atoms with Crippen molar-refractivity contribution in [3.63, 3.8) is 0 Å². The molecular formula is C13H7F6NO2. The van der Waals surface area contributed by atoms with E-state index in [4.69, 9.17) is 0 Å². The molecule has 3 nitrogen and oxygen atoms in total. The number of para-hydroxylation sites is 1. The van der Waals surface area contributed by atoms with Crippen molar-refractivity contribution < 1.29 is 35.8 Å². The van der Waals surface area contributed by atoms with E-state index in [9.17, 15) is 26.3 Å². The Morgan fingerprint density at radius 1 is 1.00 bits per heavy atom. The van der Waals surface area contributed by atoms with Crippen molar-refractivity contribution >= 4 is 0 Å². The Morgan fingerprint density at radius 2 is 1.68 bits per heavy atom. The van der Waals surface area contributed by atoms with Gasteiger partial charge in [0.15, 0.2) is 11.6 Å². The van der Waals surface area contributed by atoms with Crippen LogP contribution < -0.4 is 9.47 Å². The van der Waals surface area contributed by atoms with Crippen LogP contribution in [0.25, 0.3) is 11.1 Å². The molecule has 2 aromatic rings. The van der Waals surface area contributed by atoms with Crippen molar-refractivity contribution in [3.8, 4) is 22.6 Å². The minimum absolute atomic E-state index is 0.289. The van der Waals surface area contributed by atoms with Gasteiger partial charge >= 0.3 is 13.0 Å². The fourth-order valence-electron chi connectivity index (χ4n) is 1.73. The van der Waals surface area contributed by atoms with Crippen LogP contribution in [-0.2, 0) is 0 Å². The molecule has 0 spiro atoms. The van der Waals surface area contributed by atoms with Crippen LogP contribution in [0.2, 0.25) is 0 Å². The zero-order chi connectivity index (χ0) is 16.3. The van der Waals surface area contributed by atoms with Crippen LogP contribution >= 0.6 is 0 Å². The summed E-state index contributed by atoms with van der Waals surface area (Å²) in [5.74, 6) is -2.84. The number of alkyl halides is 5.